The van der Waals surface area contributed by atoms with Crippen molar-refractivity contribution in [3.05, 3.63) is 17.7 Å². The lowest BCUT2D eigenvalue weighted by atomic mass is 10.2. The van der Waals surface area contributed by atoms with E-state index in [1.54, 1.807) is 13.1 Å². The molecule has 2 atom stereocenters. The summed E-state index contributed by atoms with van der Waals surface area (Å²) in [5.74, 6) is 0.797. The molecule has 1 saturated carbocycles. The largest absolute Gasteiger partial charge is 0.467 e. The van der Waals surface area contributed by atoms with E-state index in [2.05, 4.69) is 33.7 Å². The second-order valence-corrected chi connectivity index (χ2v) is 6.49. The third-order valence-corrected chi connectivity index (χ3v) is 4.37. The molecule has 1 saturated heterocycles. The smallest absolute Gasteiger partial charge is 0.318 e. The fourth-order valence-corrected chi connectivity index (χ4v) is 3.04. The van der Waals surface area contributed by atoms with Gasteiger partial charge in [-0.2, -0.15) is 9.97 Å². The van der Waals surface area contributed by atoms with Gasteiger partial charge < -0.3 is 14.4 Å². The van der Waals surface area contributed by atoms with Crippen LogP contribution in [0.5, 0.6) is 6.01 Å². The minimum Gasteiger partial charge on any atom is -0.467 e. The van der Waals surface area contributed by atoms with Crippen LogP contribution >= 0.6 is 0 Å². The maximum absolute atomic E-state index is 14.4. The number of nitrogens with zero attached hydrogens (tertiary/aromatic N) is 4. The maximum atomic E-state index is 14.4. The zero-order chi connectivity index (χ0) is 22.0. The molecule has 2 aromatic heterocycles. The lowest BCUT2D eigenvalue weighted by Crippen LogP contribution is -2.30. The number of aromatic nitrogens is 3. The molecule has 4 rings (SSSR count). The van der Waals surface area contributed by atoms with Crippen molar-refractivity contribution in [1.29, 1.82) is 0 Å². The van der Waals surface area contributed by atoms with Gasteiger partial charge in [-0.15, -0.1) is 0 Å². The summed E-state index contributed by atoms with van der Waals surface area (Å²) in [5.41, 5.74) is 0.583. The number of rotatable bonds is 2. The first kappa shape index (κ1) is 24.9. The summed E-state index contributed by atoms with van der Waals surface area (Å²) < 4.78 is 34.7. The van der Waals surface area contributed by atoms with Gasteiger partial charge in [0.15, 0.2) is 5.82 Å². The van der Waals surface area contributed by atoms with E-state index in [4.69, 9.17) is 9.47 Å². The van der Waals surface area contributed by atoms with Gasteiger partial charge in [0.05, 0.1) is 38.6 Å². The lowest BCUT2D eigenvalue weighted by molar-refractivity contribution is 0.139. The van der Waals surface area contributed by atoms with E-state index in [0.717, 1.165) is 19.6 Å². The van der Waals surface area contributed by atoms with Crippen molar-refractivity contribution in [3.63, 3.8) is 0 Å². The molecule has 164 valence electrons. The maximum Gasteiger partial charge on any atom is 0.318 e. The number of fused-ring (bicyclic) bond motifs is 2. The molecule has 0 N–H and O–H groups in total. The minimum atomic E-state index is -0.419. The average molecular weight is 413 g/mol. The predicted octanol–water partition coefficient (Wildman–Crippen LogP) is 4.73. The number of hydrogen-bond donors (Lipinski definition) is 0. The Morgan fingerprint density at radius 2 is 1.90 bits per heavy atom. The Kier molecular flexibility index (Phi) is 10.7. The molecule has 0 spiro atoms. The highest BCUT2D eigenvalue weighted by Crippen LogP contribution is 2.41. The minimum absolute atomic E-state index is 0.175. The topological polar surface area (TPSA) is 60.4 Å². The van der Waals surface area contributed by atoms with Crippen LogP contribution in [0.25, 0.3) is 10.9 Å². The molecule has 0 radical (unpaired) electrons. The van der Waals surface area contributed by atoms with Crippen LogP contribution in [0.15, 0.2) is 6.20 Å². The summed E-state index contributed by atoms with van der Waals surface area (Å²) >= 11 is 0. The number of halogens is 2. The van der Waals surface area contributed by atoms with Gasteiger partial charge in [0.25, 0.3) is 0 Å². The zero-order valence-corrected chi connectivity index (χ0v) is 18.6. The third-order valence-electron chi connectivity index (χ3n) is 4.37. The highest BCUT2D eigenvalue weighted by molar-refractivity contribution is 5.90. The summed E-state index contributed by atoms with van der Waals surface area (Å²) in [4.78, 5) is 14.9. The van der Waals surface area contributed by atoms with Crippen LogP contribution in [0.4, 0.5) is 14.6 Å². The Labute approximate surface area is 172 Å². The highest BCUT2D eigenvalue weighted by Gasteiger charge is 2.44. The van der Waals surface area contributed by atoms with Crippen LogP contribution in [0.3, 0.4) is 0 Å². The van der Waals surface area contributed by atoms with Gasteiger partial charge in [0.1, 0.15) is 11.3 Å². The van der Waals surface area contributed by atoms with Crippen molar-refractivity contribution in [1.82, 2.24) is 15.0 Å². The van der Waals surface area contributed by atoms with E-state index in [-0.39, 0.29) is 11.5 Å². The predicted molar refractivity (Wildman–Crippen MR) is 113 cm³/mol. The summed E-state index contributed by atoms with van der Waals surface area (Å²) in [6.45, 7) is 12.0. The summed E-state index contributed by atoms with van der Waals surface area (Å²) in [6, 6.07) is 0.573. The average Bonchev–Trinajstić information content (AvgIpc) is 3.54. The van der Waals surface area contributed by atoms with Gasteiger partial charge in [-0.3, -0.25) is 9.37 Å². The molecular formula is C21H34F2N4O2. The first-order chi connectivity index (χ1) is 14.1. The van der Waals surface area contributed by atoms with E-state index in [0.29, 0.717) is 42.6 Å². The van der Waals surface area contributed by atoms with Crippen molar-refractivity contribution in [3.8, 4) is 6.01 Å². The van der Waals surface area contributed by atoms with E-state index < -0.39 is 5.82 Å². The molecule has 0 bridgehead atoms. The van der Waals surface area contributed by atoms with Gasteiger partial charge in [0.2, 0.25) is 0 Å². The van der Waals surface area contributed by atoms with Crippen molar-refractivity contribution in [2.45, 2.75) is 53.5 Å². The van der Waals surface area contributed by atoms with E-state index >= 15 is 0 Å². The monoisotopic (exact) mass is 412 g/mol. The number of pyridine rings is 1. The number of ether oxygens (including phenoxy) is 2. The molecule has 1 aliphatic heterocycles. The molecule has 2 unspecified atom stereocenters. The number of aryl methyl sites for hydroxylation is 1. The molecule has 0 aromatic carbocycles. The van der Waals surface area contributed by atoms with Crippen LogP contribution in [0, 0.1) is 18.7 Å². The summed E-state index contributed by atoms with van der Waals surface area (Å²) in [5, 5.41) is 0.622. The molecular weight excluding hydrogens is 378 g/mol. The number of alkyl halides is 1. The van der Waals surface area contributed by atoms with Crippen molar-refractivity contribution in [2.75, 3.05) is 38.9 Å². The Hall–Kier alpha value is -2.09. The highest BCUT2D eigenvalue weighted by atomic mass is 19.1. The molecule has 6 nitrogen and oxygen atoms in total. The fourth-order valence-electron chi connectivity index (χ4n) is 3.04. The van der Waals surface area contributed by atoms with Gasteiger partial charge in [0, 0.05) is 24.7 Å². The van der Waals surface area contributed by atoms with Crippen LogP contribution in [0.2, 0.25) is 0 Å². The number of methoxy groups -OCH3 is 1. The molecule has 2 fully saturated rings. The van der Waals surface area contributed by atoms with Crippen molar-refractivity contribution >= 4 is 16.7 Å². The quantitative estimate of drug-likeness (QED) is 0.710. The van der Waals surface area contributed by atoms with Crippen LogP contribution < -0.4 is 9.64 Å². The van der Waals surface area contributed by atoms with Crippen LogP contribution in [0.1, 0.15) is 46.2 Å². The van der Waals surface area contributed by atoms with Crippen LogP contribution in [-0.4, -0.2) is 55.0 Å². The number of anilines is 1. The number of hydrogen-bond acceptors (Lipinski definition) is 6. The Morgan fingerprint density at radius 1 is 1.24 bits per heavy atom. The first-order valence-electron chi connectivity index (χ1n) is 10.2. The van der Waals surface area contributed by atoms with Gasteiger partial charge in [-0.1, -0.05) is 34.1 Å². The molecule has 2 aliphatic rings. The summed E-state index contributed by atoms with van der Waals surface area (Å²) in [7, 11) is 1.99. The summed E-state index contributed by atoms with van der Waals surface area (Å²) in [6.07, 6.45) is 3.97. The lowest BCUT2D eigenvalue weighted by Gasteiger charge is -2.23. The Balaban J connectivity index is 0.000000540. The van der Waals surface area contributed by atoms with Gasteiger partial charge >= 0.3 is 6.01 Å². The molecule has 8 heteroatoms. The van der Waals surface area contributed by atoms with Crippen molar-refractivity contribution < 1.29 is 18.3 Å². The van der Waals surface area contributed by atoms with E-state index in [9.17, 15) is 8.78 Å². The van der Waals surface area contributed by atoms with E-state index in [1.165, 1.54) is 13.5 Å². The fraction of sp³-hybridized carbons (Fsp3) is 0.667. The molecule has 0 amide bonds. The van der Waals surface area contributed by atoms with Crippen LogP contribution in [-0.2, 0) is 4.74 Å². The zero-order valence-electron chi connectivity index (χ0n) is 18.6. The SMILES string of the molecule is CC.CCC.CF.COc1nc(N2CCOCC3CC32)c2cnc(C)c(F)c2n1. The molecule has 3 heterocycles. The third kappa shape index (κ3) is 5.95. The first-order valence-corrected chi connectivity index (χ1v) is 10.2. The van der Waals surface area contributed by atoms with E-state index in [1.807, 2.05) is 13.8 Å². The Morgan fingerprint density at radius 3 is 2.52 bits per heavy atom. The van der Waals surface area contributed by atoms with Gasteiger partial charge in [-0.25, -0.2) is 4.39 Å². The standard InChI is InChI=1S/C15H17FN4O2.C3H8.C2H6.CH3F/c1-8-12(16)13-10(6-17-8)14(19-15(18-13)21-2)20-3-4-22-7-9-5-11(9)20;1-3-2;2*1-2/h6,9,11H,3-5,7H2,1-2H3;3H2,1-2H3;1-2H3;1H3. The Bertz CT molecular complexity index is 761. The second kappa shape index (κ2) is 12.5. The second-order valence-electron chi connectivity index (χ2n) is 6.49. The van der Waals surface area contributed by atoms with Crippen molar-refractivity contribution in [2.24, 2.45) is 5.92 Å². The molecule has 29 heavy (non-hydrogen) atoms. The van der Waals surface area contributed by atoms with Gasteiger partial charge in [-0.05, 0) is 13.3 Å². The molecule has 2 aromatic rings. The normalized spacial score (nSPS) is 19.3. The molecule has 1 aliphatic carbocycles.